The van der Waals surface area contributed by atoms with Crippen LogP contribution in [0.4, 0.5) is 0 Å². The molecule has 2 aromatic carbocycles. The van der Waals surface area contributed by atoms with Crippen LogP contribution >= 0.6 is 0 Å². The van der Waals surface area contributed by atoms with Crippen molar-refractivity contribution in [2.75, 3.05) is 19.8 Å². The number of carbonyl (C=O) groups excluding carboxylic acids is 1. The highest BCUT2D eigenvalue weighted by Crippen LogP contribution is 2.29. The summed E-state index contributed by atoms with van der Waals surface area (Å²) in [6.45, 7) is 2.03. The van der Waals surface area contributed by atoms with Crippen LogP contribution in [0.1, 0.15) is 18.4 Å². The summed E-state index contributed by atoms with van der Waals surface area (Å²) in [7, 11) is 0. The van der Waals surface area contributed by atoms with Crippen LogP contribution in [0.25, 0.3) is 22.4 Å². The van der Waals surface area contributed by atoms with Crippen LogP contribution in [0.5, 0.6) is 0 Å². The van der Waals surface area contributed by atoms with E-state index in [-0.39, 0.29) is 5.91 Å². The number of imidazole rings is 1. The fourth-order valence-corrected chi connectivity index (χ4v) is 3.53. The Kier molecular flexibility index (Phi) is 4.92. The number of nitrogens with one attached hydrogen (secondary N) is 2. The van der Waals surface area contributed by atoms with E-state index in [4.69, 9.17) is 10.5 Å². The summed E-state index contributed by atoms with van der Waals surface area (Å²) in [5, 5.41) is 3.04. The Morgan fingerprint density at radius 3 is 2.59 bits per heavy atom. The van der Waals surface area contributed by atoms with Crippen molar-refractivity contribution in [2.24, 2.45) is 11.1 Å². The number of carbonyl (C=O) groups is 1. The average molecular weight is 364 g/mol. The van der Waals surface area contributed by atoms with Gasteiger partial charge in [-0.3, -0.25) is 4.79 Å². The predicted molar refractivity (Wildman–Crippen MR) is 105 cm³/mol. The molecule has 0 bridgehead atoms. The molecule has 3 aromatic rings. The molecule has 4 rings (SSSR count). The molecule has 0 radical (unpaired) electrons. The van der Waals surface area contributed by atoms with Crippen LogP contribution in [-0.2, 0) is 16.1 Å². The van der Waals surface area contributed by atoms with Gasteiger partial charge in [0, 0.05) is 31.9 Å². The quantitative estimate of drug-likeness (QED) is 0.649. The van der Waals surface area contributed by atoms with Gasteiger partial charge >= 0.3 is 0 Å². The second-order valence-electron chi connectivity index (χ2n) is 7.08. The molecule has 2 heterocycles. The lowest BCUT2D eigenvalue weighted by atomic mass is 9.79. The number of hydrogen-bond donors (Lipinski definition) is 3. The first kappa shape index (κ1) is 17.7. The SMILES string of the molecule is NCC1(C(=O)NCc2ccc(-c3nc4ccccc4[nH]3)cc2)CCOCC1. The number of hydrogen-bond acceptors (Lipinski definition) is 4. The van der Waals surface area contributed by atoms with Crippen LogP contribution in [-0.4, -0.2) is 35.6 Å². The Bertz CT molecular complexity index is 894. The van der Waals surface area contributed by atoms with E-state index in [9.17, 15) is 4.79 Å². The second-order valence-corrected chi connectivity index (χ2v) is 7.08. The topological polar surface area (TPSA) is 93.0 Å². The lowest BCUT2D eigenvalue weighted by molar-refractivity contribution is -0.136. The largest absolute Gasteiger partial charge is 0.381 e. The molecule has 27 heavy (non-hydrogen) atoms. The summed E-state index contributed by atoms with van der Waals surface area (Å²) in [5.74, 6) is 0.866. The highest BCUT2D eigenvalue weighted by atomic mass is 16.5. The Morgan fingerprint density at radius 1 is 1.15 bits per heavy atom. The van der Waals surface area contributed by atoms with Gasteiger partial charge in [0.15, 0.2) is 0 Å². The van der Waals surface area contributed by atoms with E-state index in [0.29, 0.717) is 39.1 Å². The van der Waals surface area contributed by atoms with Crippen LogP contribution in [0.15, 0.2) is 48.5 Å². The smallest absolute Gasteiger partial charge is 0.227 e. The van der Waals surface area contributed by atoms with E-state index in [1.165, 1.54) is 0 Å². The van der Waals surface area contributed by atoms with Gasteiger partial charge in [-0.2, -0.15) is 0 Å². The fourth-order valence-electron chi connectivity index (χ4n) is 3.53. The second kappa shape index (κ2) is 7.50. The molecule has 6 heteroatoms. The highest BCUT2D eigenvalue weighted by molar-refractivity contribution is 5.83. The van der Waals surface area contributed by atoms with Crippen LogP contribution in [0, 0.1) is 5.41 Å². The summed E-state index contributed by atoms with van der Waals surface area (Å²) >= 11 is 0. The number of rotatable bonds is 5. The number of fused-ring (bicyclic) bond motifs is 1. The number of benzene rings is 2. The summed E-state index contributed by atoms with van der Waals surface area (Å²) in [6, 6.07) is 16.0. The average Bonchev–Trinajstić information content (AvgIpc) is 3.17. The third-order valence-corrected chi connectivity index (χ3v) is 5.39. The number of nitrogens with two attached hydrogens (primary N) is 1. The predicted octanol–water partition coefficient (Wildman–Crippen LogP) is 2.60. The van der Waals surface area contributed by atoms with Crippen LogP contribution in [0.2, 0.25) is 0 Å². The molecular formula is C21H24N4O2. The normalized spacial score (nSPS) is 16.3. The van der Waals surface area contributed by atoms with Crippen molar-refractivity contribution in [2.45, 2.75) is 19.4 Å². The molecule has 1 saturated heterocycles. The lowest BCUT2D eigenvalue weighted by Gasteiger charge is -2.34. The van der Waals surface area contributed by atoms with Crippen LogP contribution in [0.3, 0.4) is 0 Å². The molecule has 4 N–H and O–H groups in total. The molecular weight excluding hydrogens is 340 g/mol. The molecule has 1 aliphatic rings. The Labute approximate surface area is 158 Å². The van der Waals surface area contributed by atoms with Crippen molar-refractivity contribution >= 4 is 16.9 Å². The van der Waals surface area contributed by atoms with Crippen molar-refractivity contribution in [3.8, 4) is 11.4 Å². The van der Waals surface area contributed by atoms with Crippen molar-refractivity contribution in [3.05, 3.63) is 54.1 Å². The van der Waals surface area contributed by atoms with E-state index in [0.717, 1.165) is 28.0 Å². The monoisotopic (exact) mass is 364 g/mol. The zero-order valence-electron chi connectivity index (χ0n) is 15.2. The molecule has 1 aliphatic heterocycles. The van der Waals surface area contributed by atoms with Crippen molar-refractivity contribution < 1.29 is 9.53 Å². The summed E-state index contributed by atoms with van der Waals surface area (Å²) in [5.41, 5.74) is 9.44. The van der Waals surface area contributed by atoms with E-state index in [2.05, 4.69) is 15.3 Å². The minimum absolute atomic E-state index is 0.0228. The summed E-state index contributed by atoms with van der Waals surface area (Å²) in [4.78, 5) is 20.6. The van der Waals surface area contributed by atoms with Gasteiger partial charge in [0.05, 0.1) is 16.4 Å². The van der Waals surface area contributed by atoms with E-state index >= 15 is 0 Å². The fraction of sp³-hybridized carbons (Fsp3) is 0.333. The minimum Gasteiger partial charge on any atom is -0.381 e. The van der Waals surface area contributed by atoms with Gasteiger partial charge in [-0.15, -0.1) is 0 Å². The number of para-hydroxylation sites is 2. The van der Waals surface area contributed by atoms with Gasteiger partial charge in [-0.25, -0.2) is 4.98 Å². The Morgan fingerprint density at radius 2 is 1.89 bits per heavy atom. The molecule has 0 aliphatic carbocycles. The number of H-pyrrole nitrogens is 1. The number of nitrogens with zero attached hydrogens (tertiary/aromatic N) is 1. The van der Waals surface area contributed by atoms with Gasteiger partial charge in [0.2, 0.25) is 5.91 Å². The standard InChI is InChI=1S/C21H24N4O2/c22-14-21(9-11-27-12-10-21)20(26)23-13-15-5-7-16(8-6-15)19-24-17-3-1-2-4-18(17)25-19/h1-8H,9-14,22H2,(H,23,26)(H,24,25). The first-order chi connectivity index (χ1) is 13.2. The Hall–Kier alpha value is -2.70. The van der Waals surface area contributed by atoms with Gasteiger partial charge in [0.1, 0.15) is 5.82 Å². The number of ether oxygens (including phenoxy) is 1. The third kappa shape index (κ3) is 3.59. The molecule has 6 nitrogen and oxygen atoms in total. The first-order valence-corrected chi connectivity index (χ1v) is 9.30. The van der Waals surface area contributed by atoms with Crippen LogP contribution < -0.4 is 11.1 Å². The van der Waals surface area contributed by atoms with Crippen molar-refractivity contribution in [1.82, 2.24) is 15.3 Å². The van der Waals surface area contributed by atoms with E-state index < -0.39 is 5.41 Å². The molecule has 0 atom stereocenters. The molecule has 1 fully saturated rings. The van der Waals surface area contributed by atoms with E-state index in [1.807, 2.05) is 48.5 Å². The molecule has 1 amide bonds. The molecule has 1 aromatic heterocycles. The number of aromatic nitrogens is 2. The van der Waals surface area contributed by atoms with E-state index in [1.54, 1.807) is 0 Å². The zero-order valence-corrected chi connectivity index (χ0v) is 15.2. The maximum absolute atomic E-state index is 12.7. The van der Waals surface area contributed by atoms with Gasteiger partial charge in [-0.1, -0.05) is 36.4 Å². The third-order valence-electron chi connectivity index (χ3n) is 5.39. The maximum atomic E-state index is 12.7. The summed E-state index contributed by atoms with van der Waals surface area (Å²) in [6.07, 6.45) is 1.36. The van der Waals surface area contributed by atoms with Gasteiger partial charge in [0.25, 0.3) is 0 Å². The lowest BCUT2D eigenvalue weighted by Crippen LogP contribution is -2.48. The number of amides is 1. The molecule has 0 spiro atoms. The zero-order chi connectivity index (χ0) is 18.7. The number of aromatic amines is 1. The van der Waals surface area contributed by atoms with Gasteiger partial charge in [-0.05, 0) is 30.5 Å². The Balaban J connectivity index is 1.42. The summed E-state index contributed by atoms with van der Waals surface area (Å²) < 4.78 is 5.37. The van der Waals surface area contributed by atoms with Crippen molar-refractivity contribution in [3.63, 3.8) is 0 Å². The highest BCUT2D eigenvalue weighted by Gasteiger charge is 2.38. The van der Waals surface area contributed by atoms with Crippen molar-refractivity contribution in [1.29, 1.82) is 0 Å². The maximum Gasteiger partial charge on any atom is 0.227 e. The van der Waals surface area contributed by atoms with Gasteiger partial charge < -0.3 is 20.8 Å². The molecule has 0 unspecified atom stereocenters. The molecule has 0 saturated carbocycles. The minimum atomic E-state index is -0.494. The first-order valence-electron chi connectivity index (χ1n) is 9.30. The molecule has 140 valence electrons.